The van der Waals surface area contributed by atoms with Crippen molar-refractivity contribution in [3.8, 4) is 0 Å². The molecule has 1 amide bonds. The highest BCUT2D eigenvalue weighted by Crippen LogP contribution is 2.36. The third-order valence-electron chi connectivity index (χ3n) is 6.00. The van der Waals surface area contributed by atoms with Crippen molar-refractivity contribution in [2.45, 2.75) is 32.2 Å². The van der Waals surface area contributed by atoms with Gasteiger partial charge in [-0.1, -0.05) is 24.3 Å². The van der Waals surface area contributed by atoms with Gasteiger partial charge < -0.3 is 9.15 Å². The van der Waals surface area contributed by atoms with E-state index in [9.17, 15) is 18.0 Å². The van der Waals surface area contributed by atoms with Crippen molar-refractivity contribution in [3.05, 3.63) is 100 Å². The molecule has 186 valence electrons. The summed E-state index contributed by atoms with van der Waals surface area (Å²) in [6.45, 7) is 5.54. The van der Waals surface area contributed by atoms with Crippen LogP contribution in [0.1, 0.15) is 29.6 Å². The van der Waals surface area contributed by atoms with E-state index in [0.29, 0.717) is 22.9 Å². The number of hydrogen-bond donors (Lipinski definition) is 1. The molecule has 4 rings (SSSR count). The molecule has 0 aliphatic carbocycles. The minimum absolute atomic E-state index is 0.0815. The number of sulfonamides is 1. The molecule has 3 aromatic rings. The number of allylic oxidation sites excluding steroid dienone is 1. The van der Waals surface area contributed by atoms with E-state index in [1.807, 2.05) is 32.0 Å². The lowest BCUT2D eigenvalue weighted by Crippen LogP contribution is -2.24. The number of carbonyl (C=O) groups is 2. The maximum absolute atomic E-state index is 13.4. The van der Waals surface area contributed by atoms with Crippen molar-refractivity contribution in [1.29, 1.82) is 0 Å². The van der Waals surface area contributed by atoms with E-state index in [-0.39, 0.29) is 28.5 Å². The quantitative estimate of drug-likeness (QED) is 0.379. The van der Waals surface area contributed by atoms with Crippen LogP contribution in [0.4, 0.5) is 5.69 Å². The fourth-order valence-electron chi connectivity index (χ4n) is 3.91. The van der Waals surface area contributed by atoms with Crippen LogP contribution in [0, 0.1) is 13.8 Å². The van der Waals surface area contributed by atoms with Crippen molar-refractivity contribution >= 4 is 33.7 Å². The number of amides is 1. The summed E-state index contributed by atoms with van der Waals surface area (Å²) in [5.41, 5.74) is 3.46. The number of rotatable bonds is 7. The molecule has 1 aromatic heterocycles. The van der Waals surface area contributed by atoms with Gasteiger partial charge in [0.15, 0.2) is 0 Å². The van der Waals surface area contributed by atoms with Gasteiger partial charge in [-0.3, -0.25) is 9.69 Å². The fourth-order valence-corrected chi connectivity index (χ4v) is 4.93. The molecule has 8 nitrogen and oxygen atoms in total. The summed E-state index contributed by atoms with van der Waals surface area (Å²) in [5, 5.41) is 0. The Morgan fingerprint density at radius 3 is 2.42 bits per heavy atom. The zero-order valence-corrected chi connectivity index (χ0v) is 21.2. The molecule has 2 heterocycles. The average molecular weight is 507 g/mol. The number of anilines is 1. The number of methoxy groups -OCH3 is 1. The van der Waals surface area contributed by atoms with Crippen LogP contribution >= 0.6 is 0 Å². The second-order valence-corrected chi connectivity index (χ2v) is 10.1. The molecule has 0 radical (unpaired) electrons. The second kappa shape index (κ2) is 9.96. The molecule has 0 saturated heterocycles. The summed E-state index contributed by atoms with van der Waals surface area (Å²) >= 11 is 0. The standard InChI is InChI=1S/C27H26N2O6S/c1-17-10-11-20(14-18(17)2)29-19(3)25(27(31)34-4)24(26(29)30)15-21-12-13-22(35-21)16-28-36(32,33)23-8-6-5-7-9-23/h5-15,28H,16H2,1-4H3/b24-15+. The Balaban J connectivity index is 1.62. The summed E-state index contributed by atoms with van der Waals surface area (Å²) in [6.07, 6.45) is 1.47. The zero-order chi connectivity index (χ0) is 26.0. The van der Waals surface area contributed by atoms with Crippen LogP contribution in [0.25, 0.3) is 6.08 Å². The Bertz CT molecular complexity index is 1500. The van der Waals surface area contributed by atoms with E-state index < -0.39 is 16.0 Å². The van der Waals surface area contributed by atoms with E-state index >= 15 is 0 Å². The first kappa shape index (κ1) is 25.2. The van der Waals surface area contributed by atoms with Crippen LogP contribution in [0.15, 0.2) is 86.8 Å². The van der Waals surface area contributed by atoms with Crippen molar-refractivity contribution < 1.29 is 27.2 Å². The number of nitrogens with zero attached hydrogens (tertiary/aromatic N) is 1. The highest BCUT2D eigenvalue weighted by Gasteiger charge is 2.38. The number of esters is 1. The van der Waals surface area contributed by atoms with E-state index in [4.69, 9.17) is 9.15 Å². The van der Waals surface area contributed by atoms with Crippen molar-refractivity contribution in [1.82, 2.24) is 4.72 Å². The number of nitrogens with one attached hydrogen (secondary N) is 1. The SMILES string of the molecule is COC(=O)C1=C(C)N(c2ccc(C)c(C)c2)C(=O)/C1=C/c1ccc(CNS(=O)(=O)c2ccccc2)o1. The molecular formula is C27H26N2O6S. The Kier molecular flexibility index (Phi) is 6.96. The van der Waals surface area contributed by atoms with Gasteiger partial charge in [0, 0.05) is 11.4 Å². The van der Waals surface area contributed by atoms with Gasteiger partial charge in [-0.15, -0.1) is 0 Å². The molecule has 1 aliphatic rings. The molecule has 0 fully saturated rings. The normalized spacial score (nSPS) is 15.2. The van der Waals surface area contributed by atoms with Gasteiger partial charge in [-0.2, -0.15) is 0 Å². The Morgan fingerprint density at radius 1 is 1.03 bits per heavy atom. The molecule has 0 bridgehead atoms. The fraction of sp³-hybridized carbons (Fsp3) is 0.185. The molecule has 2 aromatic carbocycles. The van der Waals surface area contributed by atoms with E-state index in [2.05, 4.69) is 4.72 Å². The van der Waals surface area contributed by atoms with E-state index in [1.54, 1.807) is 37.3 Å². The van der Waals surface area contributed by atoms with Gasteiger partial charge in [0.25, 0.3) is 5.91 Å². The summed E-state index contributed by atoms with van der Waals surface area (Å²) in [4.78, 5) is 27.7. The minimum atomic E-state index is -3.71. The number of hydrogen-bond acceptors (Lipinski definition) is 6. The average Bonchev–Trinajstić information content (AvgIpc) is 3.41. The highest BCUT2D eigenvalue weighted by atomic mass is 32.2. The Labute approximate surface area is 209 Å². The number of aryl methyl sites for hydroxylation is 2. The monoisotopic (exact) mass is 506 g/mol. The molecule has 0 spiro atoms. The topological polar surface area (TPSA) is 106 Å². The van der Waals surface area contributed by atoms with Crippen LogP contribution in [0.3, 0.4) is 0 Å². The lowest BCUT2D eigenvalue weighted by atomic mass is 10.1. The molecule has 1 aliphatic heterocycles. The predicted octanol–water partition coefficient (Wildman–Crippen LogP) is 4.25. The van der Waals surface area contributed by atoms with Gasteiger partial charge in [0.2, 0.25) is 10.0 Å². The molecule has 0 atom stereocenters. The van der Waals surface area contributed by atoms with Gasteiger partial charge >= 0.3 is 5.97 Å². The smallest absolute Gasteiger partial charge is 0.340 e. The number of furan rings is 1. The molecule has 1 N–H and O–H groups in total. The zero-order valence-electron chi connectivity index (χ0n) is 20.4. The molecule has 0 unspecified atom stereocenters. The van der Waals surface area contributed by atoms with E-state index in [0.717, 1.165) is 11.1 Å². The number of benzene rings is 2. The first-order valence-corrected chi connectivity index (χ1v) is 12.7. The Hall–Kier alpha value is -3.95. The molecule has 9 heteroatoms. The molecule has 0 saturated carbocycles. The van der Waals surface area contributed by atoms with Gasteiger partial charge in [-0.25, -0.2) is 17.9 Å². The van der Waals surface area contributed by atoms with Crippen molar-refractivity contribution in [2.24, 2.45) is 0 Å². The van der Waals surface area contributed by atoms with E-state index in [1.165, 1.54) is 30.2 Å². The van der Waals surface area contributed by atoms with Crippen LogP contribution in [0.2, 0.25) is 0 Å². The van der Waals surface area contributed by atoms with Crippen LogP contribution < -0.4 is 9.62 Å². The number of ether oxygens (including phenoxy) is 1. The first-order chi connectivity index (χ1) is 17.1. The maximum atomic E-state index is 13.4. The lowest BCUT2D eigenvalue weighted by Gasteiger charge is -2.19. The highest BCUT2D eigenvalue weighted by molar-refractivity contribution is 7.89. The predicted molar refractivity (Wildman–Crippen MR) is 135 cm³/mol. The number of carbonyl (C=O) groups excluding carboxylic acids is 2. The minimum Gasteiger partial charge on any atom is -0.465 e. The van der Waals surface area contributed by atoms with Gasteiger partial charge in [0.1, 0.15) is 11.5 Å². The van der Waals surface area contributed by atoms with Crippen LogP contribution in [-0.2, 0) is 30.9 Å². The first-order valence-electron chi connectivity index (χ1n) is 11.2. The van der Waals surface area contributed by atoms with Crippen molar-refractivity contribution in [3.63, 3.8) is 0 Å². The third kappa shape index (κ3) is 4.89. The van der Waals surface area contributed by atoms with Crippen LogP contribution in [0.5, 0.6) is 0 Å². The maximum Gasteiger partial charge on any atom is 0.340 e. The molecular weight excluding hydrogens is 480 g/mol. The Morgan fingerprint density at radius 2 is 1.75 bits per heavy atom. The van der Waals surface area contributed by atoms with Gasteiger partial charge in [-0.05, 0) is 74.4 Å². The summed E-state index contributed by atoms with van der Waals surface area (Å²) < 4.78 is 38.1. The lowest BCUT2D eigenvalue weighted by molar-refractivity contribution is -0.136. The van der Waals surface area contributed by atoms with Gasteiger partial charge in [0.05, 0.1) is 29.7 Å². The summed E-state index contributed by atoms with van der Waals surface area (Å²) in [6, 6.07) is 16.8. The second-order valence-electron chi connectivity index (χ2n) is 8.36. The summed E-state index contributed by atoms with van der Waals surface area (Å²) in [5.74, 6) is -0.388. The van der Waals surface area contributed by atoms with Crippen LogP contribution in [-0.4, -0.2) is 27.4 Å². The third-order valence-corrected chi connectivity index (χ3v) is 7.41. The summed E-state index contributed by atoms with van der Waals surface area (Å²) in [7, 11) is -2.45. The largest absolute Gasteiger partial charge is 0.465 e. The molecule has 36 heavy (non-hydrogen) atoms. The van der Waals surface area contributed by atoms with Crippen molar-refractivity contribution in [2.75, 3.05) is 12.0 Å².